The number of carbonyl (C=O) groups is 3. The van der Waals surface area contributed by atoms with Crippen LogP contribution in [0.25, 0.3) is 0 Å². The van der Waals surface area contributed by atoms with E-state index in [2.05, 4.69) is 16.0 Å². The molecular formula is C23H28N4O3. The number of amides is 3. The number of rotatable bonds is 7. The van der Waals surface area contributed by atoms with Gasteiger partial charge in [0.25, 0.3) is 5.91 Å². The van der Waals surface area contributed by atoms with Gasteiger partial charge >= 0.3 is 0 Å². The third-order valence-electron chi connectivity index (χ3n) is 5.18. The van der Waals surface area contributed by atoms with Gasteiger partial charge in [0.05, 0.1) is 6.54 Å². The van der Waals surface area contributed by atoms with Crippen LogP contribution in [0.15, 0.2) is 42.5 Å². The average Bonchev–Trinajstić information content (AvgIpc) is 3.29. The van der Waals surface area contributed by atoms with Crippen molar-refractivity contribution in [1.29, 1.82) is 0 Å². The summed E-state index contributed by atoms with van der Waals surface area (Å²) < 4.78 is 0. The van der Waals surface area contributed by atoms with E-state index >= 15 is 0 Å². The molecule has 2 aromatic rings. The molecule has 3 rings (SSSR count). The monoisotopic (exact) mass is 408 g/mol. The lowest BCUT2D eigenvalue weighted by atomic mass is 10.1. The van der Waals surface area contributed by atoms with Gasteiger partial charge in [-0.25, -0.2) is 0 Å². The lowest BCUT2D eigenvalue weighted by Crippen LogP contribution is -2.27. The molecule has 0 bridgehead atoms. The maximum atomic E-state index is 12.4. The minimum absolute atomic E-state index is 0.0394. The number of likely N-dealkylation sites (tertiary alicyclic amines) is 1. The first-order valence-corrected chi connectivity index (χ1v) is 10.3. The van der Waals surface area contributed by atoms with E-state index in [1.165, 1.54) is 0 Å². The summed E-state index contributed by atoms with van der Waals surface area (Å²) in [4.78, 5) is 38.2. The number of hydrogen-bond acceptors (Lipinski definition) is 4. The summed E-state index contributed by atoms with van der Waals surface area (Å²) in [6.07, 6.45) is 2.52. The highest BCUT2D eigenvalue weighted by Gasteiger charge is 2.19. The molecule has 0 unspecified atom stereocenters. The van der Waals surface area contributed by atoms with E-state index in [0.29, 0.717) is 17.7 Å². The zero-order chi connectivity index (χ0) is 21.5. The third kappa shape index (κ3) is 5.37. The van der Waals surface area contributed by atoms with Gasteiger partial charge in [0.1, 0.15) is 0 Å². The first kappa shape index (κ1) is 21.4. The van der Waals surface area contributed by atoms with Crippen molar-refractivity contribution in [3.05, 3.63) is 53.6 Å². The summed E-state index contributed by atoms with van der Waals surface area (Å²) >= 11 is 0. The topological polar surface area (TPSA) is 90.5 Å². The van der Waals surface area contributed by atoms with Gasteiger partial charge in [0, 0.05) is 42.1 Å². The van der Waals surface area contributed by atoms with Gasteiger partial charge in [0.2, 0.25) is 11.8 Å². The Morgan fingerprint density at radius 3 is 2.23 bits per heavy atom. The van der Waals surface area contributed by atoms with Crippen LogP contribution in [0, 0.1) is 6.92 Å². The number of nitrogens with one attached hydrogen (secondary N) is 3. The van der Waals surface area contributed by atoms with Crippen LogP contribution in [-0.4, -0.2) is 42.3 Å². The Hall–Kier alpha value is -3.35. The van der Waals surface area contributed by atoms with E-state index in [4.69, 9.17) is 0 Å². The van der Waals surface area contributed by atoms with E-state index in [0.717, 1.165) is 42.9 Å². The molecule has 2 aromatic carbocycles. The maximum Gasteiger partial charge on any atom is 0.253 e. The number of hydrogen-bond donors (Lipinski definition) is 3. The molecule has 0 aromatic heterocycles. The highest BCUT2D eigenvalue weighted by Crippen LogP contribution is 2.23. The summed E-state index contributed by atoms with van der Waals surface area (Å²) in [6.45, 7) is 5.39. The largest absolute Gasteiger partial charge is 0.376 e. The van der Waals surface area contributed by atoms with E-state index < -0.39 is 0 Å². The van der Waals surface area contributed by atoms with Gasteiger partial charge in [0.15, 0.2) is 0 Å². The van der Waals surface area contributed by atoms with E-state index in [-0.39, 0.29) is 24.3 Å². The summed E-state index contributed by atoms with van der Waals surface area (Å²) in [5.74, 6) is -0.215. The van der Waals surface area contributed by atoms with Crippen molar-refractivity contribution in [3.8, 4) is 0 Å². The van der Waals surface area contributed by atoms with Crippen molar-refractivity contribution in [2.45, 2.75) is 33.1 Å². The summed E-state index contributed by atoms with van der Waals surface area (Å²) in [6, 6.07) is 12.5. The number of carbonyl (C=O) groups excluding carboxylic acids is 3. The molecular weight excluding hydrogens is 380 g/mol. The molecule has 3 amide bonds. The molecule has 1 aliphatic heterocycles. The van der Waals surface area contributed by atoms with Gasteiger partial charge in [-0.1, -0.05) is 13.0 Å². The fourth-order valence-electron chi connectivity index (χ4n) is 3.38. The molecule has 1 fully saturated rings. The first-order chi connectivity index (χ1) is 14.5. The molecule has 158 valence electrons. The quantitative estimate of drug-likeness (QED) is 0.653. The number of benzene rings is 2. The zero-order valence-corrected chi connectivity index (χ0v) is 17.5. The van der Waals surface area contributed by atoms with Crippen LogP contribution < -0.4 is 16.0 Å². The molecule has 30 heavy (non-hydrogen) atoms. The smallest absolute Gasteiger partial charge is 0.253 e. The Morgan fingerprint density at radius 2 is 1.57 bits per heavy atom. The van der Waals surface area contributed by atoms with Gasteiger partial charge in [-0.05, 0) is 61.7 Å². The van der Waals surface area contributed by atoms with Crippen molar-refractivity contribution in [3.63, 3.8) is 0 Å². The molecule has 0 radical (unpaired) electrons. The van der Waals surface area contributed by atoms with E-state index in [1.807, 2.05) is 30.0 Å². The Bertz CT molecular complexity index is 919. The Labute approximate surface area is 176 Å². The first-order valence-electron chi connectivity index (χ1n) is 10.3. The van der Waals surface area contributed by atoms with Crippen LogP contribution in [-0.2, 0) is 9.59 Å². The third-order valence-corrected chi connectivity index (χ3v) is 5.18. The van der Waals surface area contributed by atoms with Crippen molar-refractivity contribution in [2.24, 2.45) is 0 Å². The molecule has 0 atom stereocenters. The Balaban J connectivity index is 1.54. The molecule has 0 spiro atoms. The van der Waals surface area contributed by atoms with E-state index in [1.54, 1.807) is 31.2 Å². The van der Waals surface area contributed by atoms with Crippen LogP contribution in [0.1, 0.15) is 42.1 Å². The van der Waals surface area contributed by atoms with Crippen molar-refractivity contribution in [1.82, 2.24) is 4.90 Å². The summed E-state index contributed by atoms with van der Waals surface area (Å²) in [5, 5.41) is 8.79. The lowest BCUT2D eigenvalue weighted by Gasteiger charge is -2.15. The minimum Gasteiger partial charge on any atom is -0.376 e. The zero-order valence-electron chi connectivity index (χ0n) is 17.5. The maximum absolute atomic E-state index is 12.4. The number of nitrogens with zero attached hydrogens (tertiary/aromatic N) is 1. The van der Waals surface area contributed by atoms with Crippen LogP contribution in [0.2, 0.25) is 0 Å². The van der Waals surface area contributed by atoms with Crippen LogP contribution in [0.3, 0.4) is 0 Å². The van der Waals surface area contributed by atoms with Crippen molar-refractivity contribution in [2.75, 3.05) is 35.6 Å². The Kier molecular flexibility index (Phi) is 7.06. The molecule has 0 aliphatic carbocycles. The van der Waals surface area contributed by atoms with Gasteiger partial charge in [-0.2, -0.15) is 0 Å². The fourth-order valence-corrected chi connectivity index (χ4v) is 3.38. The standard InChI is InChI=1S/C23H28N4O3/c1-3-21(28)26-20-8-6-7-19(16(20)2)24-15-22(29)25-18-11-9-17(10-12-18)23(30)27-13-4-5-14-27/h6-12,24H,3-5,13-15H2,1-2H3,(H,25,29)(H,26,28). The van der Waals surface area contributed by atoms with Gasteiger partial charge < -0.3 is 20.9 Å². The highest BCUT2D eigenvalue weighted by molar-refractivity contribution is 5.97. The van der Waals surface area contributed by atoms with Gasteiger partial charge in [-0.3, -0.25) is 14.4 Å². The second-order valence-electron chi connectivity index (χ2n) is 7.36. The Morgan fingerprint density at radius 1 is 0.900 bits per heavy atom. The molecule has 3 N–H and O–H groups in total. The second kappa shape index (κ2) is 9.91. The fraction of sp³-hybridized carbons (Fsp3) is 0.348. The SMILES string of the molecule is CCC(=O)Nc1cccc(NCC(=O)Nc2ccc(C(=O)N3CCCC3)cc2)c1C. The molecule has 0 saturated carbocycles. The molecule has 1 saturated heterocycles. The predicted octanol–water partition coefficient (Wildman–Crippen LogP) is 3.63. The molecule has 7 heteroatoms. The molecule has 1 aliphatic rings. The van der Waals surface area contributed by atoms with Crippen LogP contribution >= 0.6 is 0 Å². The predicted molar refractivity (Wildman–Crippen MR) is 119 cm³/mol. The summed E-state index contributed by atoms with van der Waals surface area (Å²) in [7, 11) is 0. The average molecular weight is 409 g/mol. The highest BCUT2D eigenvalue weighted by atomic mass is 16.2. The second-order valence-corrected chi connectivity index (χ2v) is 7.36. The minimum atomic E-state index is -0.198. The van der Waals surface area contributed by atoms with Crippen molar-refractivity contribution >= 4 is 34.8 Å². The number of anilines is 3. The normalized spacial score (nSPS) is 13.1. The van der Waals surface area contributed by atoms with E-state index in [9.17, 15) is 14.4 Å². The van der Waals surface area contributed by atoms with Gasteiger partial charge in [-0.15, -0.1) is 0 Å². The lowest BCUT2D eigenvalue weighted by molar-refractivity contribution is -0.116. The van der Waals surface area contributed by atoms with Crippen LogP contribution in [0.4, 0.5) is 17.1 Å². The molecule has 7 nitrogen and oxygen atoms in total. The molecule has 1 heterocycles. The van der Waals surface area contributed by atoms with Crippen LogP contribution in [0.5, 0.6) is 0 Å². The summed E-state index contributed by atoms with van der Waals surface area (Å²) in [5.41, 5.74) is 3.66. The van der Waals surface area contributed by atoms with Crippen molar-refractivity contribution < 1.29 is 14.4 Å².